The molecule has 0 aromatic heterocycles. The van der Waals surface area contributed by atoms with Crippen LogP contribution in [0.3, 0.4) is 0 Å². The predicted molar refractivity (Wildman–Crippen MR) is 57.8 cm³/mol. The summed E-state index contributed by atoms with van der Waals surface area (Å²) >= 11 is 0. The van der Waals surface area contributed by atoms with Crippen LogP contribution < -0.4 is 5.32 Å². The maximum atomic E-state index is 12.3. The minimum atomic E-state index is -4.39. The number of rotatable bonds is 5. The van der Waals surface area contributed by atoms with Crippen molar-refractivity contribution in [2.75, 3.05) is 32.7 Å². The van der Waals surface area contributed by atoms with Gasteiger partial charge < -0.3 is 5.32 Å². The number of hydrogen-bond acceptors (Lipinski definition) is 3. The summed E-state index contributed by atoms with van der Waals surface area (Å²) in [6, 6.07) is -0.564. The third-order valence-corrected chi connectivity index (χ3v) is 2.31. The van der Waals surface area contributed by atoms with Crippen molar-refractivity contribution < 1.29 is 22.8 Å². The van der Waals surface area contributed by atoms with Crippen LogP contribution in [0.25, 0.3) is 0 Å². The molecule has 1 N–H and O–H groups in total. The second-order valence-electron chi connectivity index (χ2n) is 3.85. The van der Waals surface area contributed by atoms with E-state index in [1.807, 2.05) is 0 Å². The molecule has 1 aliphatic heterocycles. The molecule has 0 atom stereocenters. The average Bonchev–Trinajstić information content (AvgIpc) is 2.62. The average molecular weight is 265 g/mol. The molecule has 0 aromatic rings. The Morgan fingerprint density at radius 2 is 2.22 bits per heavy atom. The summed E-state index contributed by atoms with van der Waals surface area (Å²) < 4.78 is 36.8. The molecule has 18 heavy (non-hydrogen) atoms. The molecule has 0 saturated carbocycles. The van der Waals surface area contributed by atoms with Crippen LogP contribution in [0.15, 0.2) is 12.7 Å². The van der Waals surface area contributed by atoms with Gasteiger partial charge in [-0.1, -0.05) is 6.08 Å². The van der Waals surface area contributed by atoms with E-state index in [0.717, 1.165) is 9.80 Å². The summed E-state index contributed by atoms with van der Waals surface area (Å²) in [7, 11) is 0. The smallest absolute Gasteiger partial charge is 0.336 e. The Morgan fingerprint density at radius 1 is 1.56 bits per heavy atom. The number of carbonyl (C=O) groups excluding carboxylic acids is 2. The highest BCUT2D eigenvalue weighted by Gasteiger charge is 2.33. The van der Waals surface area contributed by atoms with Crippen molar-refractivity contribution in [1.82, 2.24) is 15.1 Å². The van der Waals surface area contributed by atoms with Gasteiger partial charge in [0.1, 0.15) is 0 Å². The maximum absolute atomic E-state index is 12.3. The van der Waals surface area contributed by atoms with E-state index in [-0.39, 0.29) is 13.1 Å². The van der Waals surface area contributed by atoms with Crippen LogP contribution in [0.5, 0.6) is 0 Å². The number of alkyl halides is 3. The Kier molecular flexibility index (Phi) is 4.71. The highest BCUT2D eigenvalue weighted by Crippen LogP contribution is 2.16. The highest BCUT2D eigenvalue weighted by molar-refractivity contribution is 5.96. The van der Waals surface area contributed by atoms with E-state index < -0.39 is 31.2 Å². The number of carbonyl (C=O) groups is 2. The lowest BCUT2D eigenvalue weighted by molar-refractivity contribution is -0.149. The number of nitrogens with zero attached hydrogens (tertiary/aromatic N) is 2. The first kappa shape index (κ1) is 14.5. The Morgan fingerprint density at radius 3 is 2.67 bits per heavy atom. The van der Waals surface area contributed by atoms with E-state index in [2.05, 4.69) is 11.9 Å². The molecule has 0 unspecified atom stereocenters. The van der Waals surface area contributed by atoms with E-state index in [1.165, 1.54) is 6.08 Å². The van der Waals surface area contributed by atoms with Crippen LogP contribution >= 0.6 is 0 Å². The minimum Gasteiger partial charge on any atom is -0.336 e. The van der Waals surface area contributed by atoms with Crippen LogP contribution in [-0.2, 0) is 4.79 Å². The van der Waals surface area contributed by atoms with Gasteiger partial charge in [0.15, 0.2) is 0 Å². The number of hydrogen-bond donors (Lipinski definition) is 1. The normalized spacial score (nSPS) is 16.0. The first-order valence-corrected chi connectivity index (χ1v) is 5.31. The third kappa shape index (κ3) is 4.36. The van der Waals surface area contributed by atoms with Crippen LogP contribution in [0.1, 0.15) is 0 Å². The summed E-state index contributed by atoms with van der Waals surface area (Å²) in [6.45, 7) is 2.11. The van der Waals surface area contributed by atoms with E-state index in [9.17, 15) is 22.8 Å². The van der Waals surface area contributed by atoms with E-state index in [0.29, 0.717) is 6.54 Å². The largest absolute Gasteiger partial charge is 0.401 e. The molecule has 0 aliphatic carbocycles. The second-order valence-corrected chi connectivity index (χ2v) is 3.85. The van der Waals surface area contributed by atoms with Gasteiger partial charge in [-0.05, 0) is 0 Å². The molecule has 5 nitrogen and oxygen atoms in total. The quantitative estimate of drug-likeness (QED) is 0.740. The van der Waals surface area contributed by atoms with Crippen molar-refractivity contribution in [3.8, 4) is 0 Å². The summed E-state index contributed by atoms with van der Waals surface area (Å²) in [4.78, 5) is 24.6. The Labute approximate surface area is 102 Å². The van der Waals surface area contributed by atoms with Gasteiger partial charge in [-0.3, -0.25) is 14.6 Å². The molecule has 3 amide bonds. The van der Waals surface area contributed by atoms with Crippen molar-refractivity contribution in [3.05, 3.63) is 12.7 Å². The van der Waals surface area contributed by atoms with E-state index in [4.69, 9.17) is 0 Å². The van der Waals surface area contributed by atoms with Crippen molar-refractivity contribution in [2.24, 2.45) is 0 Å². The summed E-state index contributed by atoms with van der Waals surface area (Å²) in [5.74, 6) is -0.642. The molecule has 1 aliphatic rings. The zero-order valence-electron chi connectivity index (χ0n) is 9.66. The van der Waals surface area contributed by atoms with Gasteiger partial charge >= 0.3 is 12.2 Å². The molecule has 102 valence electrons. The number of halogens is 3. The number of amides is 3. The molecule has 0 aromatic carbocycles. The SMILES string of the molecule is C=CCN(CC(=O)N1CCNC1=O)CC(F)(F)F. The van der Waals surface area contributed by atoms with E-state index in [1.54, 1.807) is 0 Å². The van der Waals surface area contributed by atoms with Crippen LogP contribution in [0.2, 0.25) is 0 Å². The third-order valence-electron chi connectivity index (χ3n) is 2.31. The molecular weight excluding hydrogens is 251 g/mol. The number of urea groups is 1. The van der Waals surface area contributed by atoms with Crippen LogP contribution in [0.4, 0.5) is 18.0 Å². The molecule has 0 radical (unpaired) electrons. The van der Waals surface area contributed by atoms with Crippen LogP contribution in [0, 0.1) is 0 Å². The first-order valence-electron chi connectivity index (χ1n) is 5.31. The zero-order valence-corrected chi connectivity index (χ0v) is 9.66. The standard InChI is InChI=1S/C10H14F3N3O2/c1-2-4-15(7-10(11,12)13)6-8(17)16-5-3-14-9(16)18/h2H,1,3-7H2,(H,14,18). The van der Waals surface area contributed by atoms with Crippen molar-refractivity contribution in [1.29, 1.82) is 0 Å². The van der Waals surface area contributed by atoms with Crippen molar-refractivity contribution in [2.45, 2.75) is 6.18 Å². The Balaban J connectivity index is 2.57. The number of nitrogens with one attached hydrogen (secondary N) is 1. The fourth-order valence-electron chi connectivity index (χ4n) is 1.61. The van der Waals surface area contributed by atoms with Gasteiger partial charge in [-0.25, -0.2) is 4.79 Å². The molecular formula is C10H14F3N3O2. The highest BCUT2D eigenvalue weighted by atomic mass is 19.4. The molecule has 1 rings (SSSR count). The molecule has 0 spiro atoms. The van der Waals surface area contributed by atoms with Crippen LogP contribution in [-0.4, -0.2) is 60.6 Å². The lowest BCUT2D eigenvalue weighted by Gasteiger charge is -2.23. The molecule has 0 bridgehead atoms. The van der Waals surface area contributed by atoms with Gasteiger partial charge in [0.05, 0.1) is 13.1 Å². The fourth-order valence-corrected chi connectivity index (χ4v) is 1.61. The fraction of sp³-hybridized carbons (Fsp3) is 0.600. The maximum Gasteiger partial charge on any atom is 0.401 e. The summed E-state index contributed by atoms with van der Waals surface area (Å²) in [5.41, 5.74) is 0. The lowest BCUT2D eigenvalue weighted by atomic mass is 10.4. The lowest BCUT2D eigenvalue weighted by Crippen LogP contribution is -2.44. The monoisotopic (exact) mass is 265 g/mol. The topological polar surface area (TPSA) is 52.7 Å². The first-order chi connectivity index (χ1) is 8.33. The molecule has 1 fully saturated rings. The van der Waals surface area contributed by atoms with Gasteiger partial charge in [-0.2, -0.15) is 13.2 Å². The zero-order chi connectivity index (χ0) is 13.8. The second kappa shape index (κ2) is 5.85. The molecule has 8 heteroatoms. The van der Waals surface area contributed by atoms with Gasteiger partial charge in [-0.15, -0.1) is 6.58 Å². The van der Waals surface area contributed by atoms with Gasteiger partial charge in [0.25, 0.3) is 0 Å². The van der Waals surface area contributed by atoms with E-state index >= 15 is 0 Å². The molecule has 1 saturated heterocycles. The Bertz CT molecular complexity index is 344. The van der Waals surface area contributed by atoms with Gasteiger partial charge in [0.2, 0.25) is 5.91 Å². The summed E-state index contributed by atoms with van der Waals surface area (Å²) in [6.07, 6.45) is -3.11. The predicted octanol–water partition coefficient (Wildman–Crippen LogP) is 0.589. The molecule has 1 heterocycles. The minimum absolute atomic E-state index is 0.0687. The number of imide groups is 1. The Hall–Kier alpha value is -1.57. The summed E-state index contributed by atoms with van der Waals surface area (Å²) in [5, 5.41) is 2.41. The van der Waals surface area contributed by atoms with Crippen molar-refractivity contribution in [3.63, 3.8) is 0 Å². The van der Waals surface area contributed by atoms with Crippen molar-refractivity contribution >= 4 is 11.9 Å². The van der Waals surface area contributed by atoms with Gasteiger partial charge in [0, 0.05) is 19.6 Å².